The molecule has 0 aromatic rings. The van der Waals surface area contributed by atoms with Gasteiger partial charge in [-0.05, 0) is 32.1 Å². The van der Waals surface area contributed by atoms with E-state index in [9.17, 15) is 4.79 Å². The van der Waals surface area contributed by atoms with Crippen molar-refractivity contribution >= 4 is 5.78 Å². The minimum absolute atomic E-state index is 0.299. The van der Waals surface area contributed by atoms with Crippen LogP contribution in [0, 0.1) is 5.92 Å². The molecule has 1 atom stereocenters. The summed E-state index contributed by atoms with van der Waals surface area (Å²) in [5.41, 5.74) is 5.67. The molecule has 64 valence electrons. The Hall–Kier alpha value is -0.370. The van der Waals surface area contributed by atoms with Crippen LogP contribution in [0.5, 0.6) is 0 Å². The first-order valence-corrected chi connectivity index (χ1v) is 4.45. The SMILES string of the molecule is CC(N)CC1CCC(=O)CC1. The van der Waals surface area contributed by atoms with E-state index >= 15 is 0 Å². The van der Waals surface area contributed by atoms with E-state index in [0.717, 1.165) is 32.1 Å². The molecule has 2 nitrogen and oxygen atoms in total. The summed E-state index contributed by atoms with van der Waals surface area (Å²) in [6.45, 7) is 2.04. The maximum atomic E-state index is 10.9. The predicted molar refractivity (Wildman–Crippen MR) is 45.2 cm³/mol. The van der Waals surface area contributed by atoms with Crippen LogP contribution in [-0.4, -0.2) is 11.8 Å². The second kappa shape index (κ2) is 3.86. The number of ketones is 1. The van der Waals surface area contributed by atoms with Crippen molar-refractivity contribution in [2.24, 2.45) is 11.7 Å². The Bertz CT molecular complexity index is 132. The Morgan fingerprint density at radius 3 is 2.55 bits per heavy atom. The molecule has 1 aliphatic carbocycles. The lowest BCUT2D eigenvalue weighted by Crippen LogP contribution is -2.23. The highest BCUT2D eigenvalue weighted by atomic mass is 16.1. The highest BCUT2D eigenvalue weighted by Gasteiger charge is 2.19. The zero-order valence-corrected chi connectivity index (χ0v) is 7.18. The van der Waals surface area contributed by atoms with Crippen molar-refractivity contribution in [2.75, 3.05) is 0 Å². The third-order valence-corrected chi connectivity index (χ3v) is 2.37. The third kappa shape index (κ3) is 3.02. The van der Waals surface area contributed by atoms with Gasteiger partial charge in [0.25, 0.3) is 0 Å². The molecule has 0 aliphatic heterocycles. The molecule has 0 heterocycles. The molecule has 2 N–H and O–H groups in total. The number of hydrogen-bond acceptors (Lipinski definition) is 2. The van der Waals surface area contributed by atoms with Gasteiger partial charge in [-0.25, -0.2) is 0 Å². The highest BCUT2D eigenvalue weighted by Crippen LogP contribution is 2.24. The van der Waals surface area contributed by atoms with E-state index in [-0.39, 0.29) is 0 Å². The standard InChI is InChI=1S/C9H17NO/c1-7(10)6-8-2-4-9(11)5-3-8/h7-8H,2-6,10H2,1H3. The molecule has 0 bridgehead atoms. The van der Waals surface area contributed by atoms with Gasteiger partial charge in [-0.1, -0.05) is 0 Å². The Labute approximate surface area is 68.2 Å². The minimum Gasteiger partial charge on any atom is -0.328 e. The monoisotopic (exact) mass is 155 g/mol. The second-order valence-corrected chi connectivity index (χ2v) is 3.70. The van der Waals surface area contributed by atoms with Crippen molar-refractivity contribution in [3.05, 3.63) is 0 Å². The van der Waals surface area contributed by atoms with Crippen LogP contribution in [0.2, 0.25) is 0 Å². The Morgan fingerprint density at radius 2 is 2.09 bits per heavy atom. The number of carbonyl (C=O) groups is 1. The molecule has 0 amide bonds. The van der Waals surface area contributed by atoms with Crippen molar-refractivity contribution in [1.82, 2.24) is 0 Å². The van der Waals surface area contributed by atoms with Crippen molar-refractivity contribution in [1.29, 1.82) is 0 Å². The van der Waals surface area contributed by atoms with Crippen LogP contribution in [0.25, 0.3) is 0 Å². The predicted octanol–water partition coefficient (Wildman–Crippen LogP) is 1.48. The molecule has 1 fully saturated rings. The summed E-state index contributed by atoms with van der Waals surface area (Å²) in [6.07, 6.45) is 4.81. The fraction of sp³-hybridized carbons (Fsp3) is 0.889. The fourth-order valence-corrected chi connectivity index (χ4v) is 1.76. The summed E-state index contributed by atoms with van der Waals surface area (Å²) in [7, 11) is 0. The van der Waals surface area contributed by atoms with Gasteiger partial charge in [0.1, 0.15) is 5.78 Å². The highest BCUT2D eigenvalue weighted by molar-refractivity contribution is 5.78. The van der Waals surface area contributed by atoms with Crippen LogP contribution in [0.1, 0.15) is 39.0 Å². The van der Waals surface area contributed by atoms with E-state index < -0.39 is 0 Å². The van der Waals surface area contributed by atoms with Crippen LogP contribution < -0.4 is 5.73 Å². The summed E-state index contributed by atoms with van der Waals surface area (Å²) in [4.78, 5) is 10.9. The molecule has 1 rings (SSSR count). The first-order valence-electron chi connectivity index (χ1n) is 4.45. The molecule has 0 spiro atoms. The summed E-state index contributed by atoms with van der Waals surface area (Å²) < 4.78 is 0. The van der Waals surface area contributed by atoms with Gasteiger partial charge in [-0.15, -0.1) is 0 Å². The number of nitrogens with two attached hydrogens (primary N) is 1. The molecular formula is C9H17NO. The van der Waals surface area contributed by atoms with E-state index in [4.69, 9.17) is 5.73 Å². The Morgan fingerprint density at radius 1 is 1.55 bits per heavy atom. The van der Waals surface area contributed by atoms with Gasteiger partial charge in [0, 0.05) is 18.9 Å². The van der Waals surface area contributed by atoms with Gasteiger partial charge in [0.15, 0.2) is 0 Å². The quantitative estimate of drug-likeness (QED) is 0.656. The molecule has 0 radical (unpaired) electrons. The van der Waals surface area contributed by atoms with Gasteiger partial charge in [0.2, 0.25) is 0 Å². The average Bonchev–Trinajstić information content (AvgIpc) is 1.93. The largest absolute Gasteiger partial charge is 0.328 e. The van der Waals surface area contributed by atoms with Crippen molar-refractivity contribution in [3.63, 3.8) is 0 Å². The summed E-state index contributed by atoms with van der Waals surface area (Å²) in [5.74, 6) is 1.15. The van der Waals surface area contributed by atoms with E-state index in [0.29, 0.717) is 17.7 Å². The lowest BCUT2D eigenvalue weighted by molar-refractivity contribution is -0.121. The van der Waals surface area contributed by atoms with Crippen molar-refractivity contribution < 1.29 is 4.79 Å². The molecule has 11 heavy (non-hydrogen) atoms. The number of carbonyl (C=O) groups excluding carboxylic acids is 1. The Kier molecular flexibility index (Phi) is 3.06. The summed E-state index contributed by atoms with van der Waals surface area (Å²) >= 11 is 0. The van der Waals surface area contributed by atoms with Gasteiger partial charge in [0.05, 0.1) is 0 Å². The molecule has 1 saturated carbocycles. The van der Waals surface area contributed by atoms with Gasteiger partial charge < -0.3 is 5.73 Å². The van der Waals surface area contributed by atoms with Gasteiger partial charge >= 0.3 is 0 Å². The van der Waals surface area contributed by atoms with Crippen LogP contribution in [0.15, 0.2) is 0 Å². The molecule has 0 aromatic carbocycles. The lowest BCUT2D eigenvalue weighted by atomic mass is 9.85. The van der Waals surface area contributed by atoms with Crippen LogP contribution >= 0.6 is 0 Å². The maximum absolute atomic E-state index is 10.9. The average molecular weight is 155 g/mol. The normalized spacial score (nSPS) is 23.6. The van der Waals surface area contributed by atoms with Crippen LogP contribution in [0.4, 0.5) is 0 Å². The maximum Gasteiger partial charge on any atom is 0.132 e. The number of Topliss-reactive ketones (excluding diaryl/α,β-unsaturated/α-hetero) is 1. The van der Waals surface area contributed by atoms with Crippen LogP contribution in [0.3, 0.4) is 0 Å². The molecule has 1 aliphatic rings. The van der Waals surface area contributed by atoms with Crippen molar-refractivity contribution in [2.45, 2.75) is 45.1 Å². The Balaban J connectivity index is 2.22. The fourth-order valence-electron chi connectivity index (χ4n) is 1.76. The van der Waals surface area contributed by atoms with E-state index in [1.165, 1.54) is 0 Å². The molecule has 1 unspecified atom stereocenters. The summed E-state index contributed by atoms with van der Waals surface area (Å²) in [6, 6.07) is 0.299. The zero-order valence-electron chi connectivity index (χ0n) is 7.18. The topological polar surface area (TPSA) is 43.1 Å². The minimum atomic E-state index is 0.299. The number of hydrogen-bond donors (Lipinski definition) is 1. The number of rotatable bonds is 2. The van der Waals surface area contributed by atoms with Crippen LogP contribution in [-0.2, 0) is 4.79 Å². The van der Waals surface area contributed by atoms with E-state index in [1.807, 2.05) is 6.92 Å². The zero-order chi connectivity index (χ0) is 8.27. The van der Waals surface area contributed by atoms with Crippen molar-refractivity contribution in [3.8, 4) is 0 Å². The molecule has 2 heteroatoms. The van der Waals surface area contributed by atoms with Gasteiger partial charge in [-0.2, -0.15) is 0 Å². The van der Waals surface area contributed by atoms with Gasteiger partial charge in [-0.3, -0.25) is 4.79 Å². The lowest BCUT2D eigenvalue weighted by Gasteiger charge is -2.22. The first-order chi connectivity index (χ1) is 5.18. The first kappa shape index (κ1) is 8.72. The molecule has 0 saturated heterocycles. The third-order valence-electron chi connectivity index (χ3n) is 2.37. The molecular weight excluding hydrogens is 138 g/mol. The summed E-state index contributed by atoms with van der Waals surface area (Å²) in [5, 5.41) is 0. The second-order valence-electron chi connectivity index (χ2n) is 3.70. The van der Waals surface area contributed by atoms with E-state index in [2.05, 4.69) is 0 Å². The molecule has 0 aromatic heterocycles. The van der Waals surface area contributed by atoms with E-state index in [1.54, 1.807) is 0 Å². The smallest absolute Gasteiger partial charge is 0.132 e.